The highest BCUT2D eigenvalue weighted by Crippen LogP contribution is 2.43. The minimum absolute atomic E-state index is 0.298. The topological polar surface area (TPSA) is 67.8 Å². The van der Waals surface area contributed by atoms with E-state index in [2.05, 4.69) is 15.6 Å². The maximum absolute atomic E-state index is 13.5. The molecule has 0 unspecified atom stereocenters. The average molecular weight is 415 g/mol. The van der Waals surface area contributed by atoms with Crippen molar-refractivity contribution in [1.29, 1.82) is 0 Å². The molecule has 1 aromatic carbocycles. The van der Waals surface area contributed by atoms with E-state index in [1.807, 2.05) is 19.1 Å². The van der Waals surface area contributed by atoms with Crippen molar-refractivity contribution in [2.75, 3.05) is 26.8 Å². The molecule has 0 amide bonds. The first-order chi connectivity index (χ1) is 14.6. The van der Waals surface area contributed by atoms with Crippen LogP contribution in [-0.4, -0.2) is 37.7 Å². The summed E-state index contributed by atoms with van der Waals surface area (Å²) in [6, 6.07) is 9.79. The van der Waals surface area contributed by atoms with E-state index < -0.39 is 0 Å². The van der Waals surface area contributed by atoms with E-state index in [0.29, 0.717) is 23.6 Å². The number of nitrogens with zero attached hydrogens (tertiary/aromatic N) is 2. The van der Waals surface area contributed by atoms with Gasteiger partial charge in [-0.2, -0.15) is 0 Å². The summed E-state index contributed by atoms with van der Waals surface area (Å²) in [6.07, 6.45) is 6.43. The van der Waals surface area contributed by atoms with Gasteiger partial charge in [-0.1, -0.05) is 18.6 Å². The zero-order chi connectivity index (χ0) is 21.2. The second kappa shape index (κ2) is 10.9. The third-order valence-corrected chi connectivity index (χ3v) is 5.49. The van der Waals surface area contributed by atoms with Gasteiger partial charge in [-0.25, -0.2) is 14.4 Å². The summed E-state index contributed by atoms with van der Waals surface area (Å²) in [5.41, 5.74) is 1.13. The Morgan fingerprint density at radius 2 is 2.10 bits per heavy atom. The van der Waals surface area contributed by atoms with Crippen LogP contribution in [0.15, 0.2) is 47.6 Å². The van der Waals surface area contributed by atoms with Crippen LogP contribution in [0, 0.1) is 11.2 Å². The van der Waals surface area contributed by atoms with E-state index in [1.165, 1.54) is 31.4 Å². The summed E-state index contributed by atoms with van der Waals surface area (Å²) in [5, 5.41) is 6.79. The molecule has 0 atom stereocenters. The second-order valence-electron chi connectivity index (χ2n) is 7.67. The quantitative estimate of drug-likeness (QED) is 0.449. The van der Waals surface area contributed by atoms with Crippen LogP contribution in [0.4, 0.5) is 4.39 Å². The molecule has 0 spiro atoms. The van der Waals surface area contributed by atoms with E-state index in [0.717, 1.165) is 37.6 Å². The van der Waals surface area contributed by atoms with Gasteiger partial charge in [0.2, 0.25) is 5.88 Å². The van der Waals surface area contributed by atoms with E-state index in [1.54, 1.807) is 25.4 Å². The zero-order valence-corrected chi connectivity index (χ0v) is 17.8. The van der Waals surface area contributed by atoms with Crippen molar-refractivity contribution in [2.24, 2.45) is 10.4 Å². The normalized spacial score (nSPS) is 15.4. The van der Waals surface area contributed by atoms with E-state index >= 15 is 0 Å². The summed E-state index contributed by atoms with van der Waals surface area (Å²) in [7, 11) is 1.75. The lowest BCUT2D eigenvalue weighted by molar-refractivity contribution is 0.0732. The fraction of sp³-hybridized carbons (Fsp3) is 0.478. The molecule has 2 aromatic rings. The van der Waals surface area contributed by atoms with Crippen LogP contribution in [0.2, 0.25) is 0 Å². The van der Waals surface area contributed by atoms with Crippen LogP contribution in [0.5, 0.6) is 11.6 Å². The number of methoxy groups -OCH3 is 1. The molecule has 1 saturated carbocycles. The standard InChI is InChI=1S/C23H31FN4O2/c1-3-25-22(28-17-23(10-6-11-23)12-14-29-2)27-16-18-7-5-13-26-21(18)30-20-9-4-8-19(24)15-20/h4-5,7-9,13,15H,3,6,10-12,14,16-17H2,1-2H3,(H2,25,27,28). The maximum Gasteiger partial charge on any atom is 0.224 e. The predicted octanol–water partition coefficient (Wildman–Crippen LogP) is 4.27. The number of halogens is 1. The summed E-state index contributed by atoms with van der Waals surface area (Å²) in [6.45, 7) is 4.88. The summed E-state index contributed by atoms with van der Waals surface area (Å²) < 4.78 is 24.5. The third kappa shape index (κ3) is 6.16. The Morgan fingerprint density at radius 1 is 1.23 bits per heavy atom. The molecule has 1 aliphatic carbocycles. The number of guanidine groups is 1. The second-order valence-corrected chi connectivity index (χ2v) is 7.67. The van der Waals surface area contributed by atoms with E-state index in [9.17, 15) is 4.39 Å². The number of ether oxygens (including phenoxy) is 2. The van der Waals surface area contributed by atoms with Gasteiger partial charge in [0.1, 0.15) is 11.6 Å². The largest absolute Gasteiger partial charge is 0.439 e. The van der Waals surface area contributed by atoms with Gasteiger partial charge in [0.25, 0.3) is 0 Å². The zero-order valence-electron chi connectivity index (χ0n) is 17.8. The van der Waals surface area contributed by atoms with Crippen LogP contribution in [-0.2, 0) is 11.3 Å². The number of aliphatic imine (C=N–C) groups is 1. The summed E-state index contributed by atoms with van der Waals surface area (Å²) >= 11 is 0. The lowest BCUT2D eigenvalue weighted by Crippen LogP contribution is -2.46. The van der Waals surface area contributed by atoms with E-state index in [4.69, 9.17) is 14.5 Å². The molecule has 0 saturated heterocycles. The highest BCUT2D eigenvalue weighted by molar-refractivity contribution is 5.79. The van der Waals surface area contributed by atoms with E-state index in [-0.39, 0.29) is 5.82 Å². The fourth-order valence-electron chi connectivity index (χ4n) is 3.57. The molecule has 1 fully saturated rings. The van der Waals surface area contributed by atoms with Crippen LogP contribution >= 0.6 is 0 Å². The molecule has 6 nitrogen and oxygen atoms in total. The molecule has 1 aliphatic rings. The first kappa shape index (κ1) is 22.0. The Bertz CT molecular complexity index is 839. The number of hydrogen-bond donors (Lipinski definition) is 2. The number of rotatable bonds is 10. The molecule has 1 heterocycles. The summed E-state index contributed by atoms with van der Waals surface area (Å²) in [4.78, 5) is 9.01. The smallest absolute Gasteiger partial charge is 0.224 e. The highest BCUT2D eigenvalue weighted by Gasteiger charge is 2.36. The first-order valence-corrected chi connectivity index (χ1v) is 10.5. The van der Waals surface area contributed by atoms with Crippen LogP contribution in [0.3, 0.4) is 0 Å². The molecular weight excluding hydrogens is 383 g/mol. The molecule has 162 valence electrons. The molecule has 0 bridgehead atoms. The Hall–Kier alpha value is -2.67. The lowest BCUT2D eigenvalue weighted by atomic mass is 9.67. The van der Waals surface area contributed by atoms with Gasteiger partial charge in [-0.05, 0) is 49.8 Å². The Balaban J connectivity index is 1.66. The predicted molar refractivity (Wildman–Crippen MR) is 116 cm³/mol. The van der Waals surface area contributed by atoms with Crippen molar-refractivity contribution in [2.45, 2.75) is 39.2 Å². The number of hydrogen-bond acceptors (Lipinski definition) is 4. The van der Waals surface area contributed by atoms with Gasteiger partial charge in [-0.3, -0.25) is 0 Å². The molecule has 7 heteroatoms. The van der Waals surface area contributed by atoms with Gasteiger partial charge < -0.3 is 20.1 Å². The van der Waals surface area contributed by atoms with Crippen LogP contribution < -0.4 is 15.4 Å². The Morgan fingerprint density at radius 3 is 2.80 bits per heavy atom. The van der Waals surface area contributed by atoms with Gasteiger partial charge in [0.05, 0.1) is 6.54 Å². The molecule has 1 aromatic heterocycles. The van der Waals surface area contributed by atoms with Gasteiger partial charge in [0.15, 0.2) is 5.96 Å². The lowest BCUT2D eigenvalue weighted by Gasteiger charge is -2.42. The van der Waals surface area contributed by atoms with Gasteiger partial charge in [-0.15, -0.1) is 0 Å². The first-order valence-electron chi connectivity index (χ1n) is 10.5. The monoisotopic (exact) mass is 414 g/mol. The molecule has 2 N–H and O–H groups in total. The van der Waals surface area contributed by atoms with Crippen molar-refractivity contribution in [3.05, 3.63) is 54.0 Å². The van der Waals surface area contributed by atoms with Crippen molar-refractivity contribution in [3.63, 3.8) is 0 Å². The minimum atomic E-state index is -0.347. The molecule has 3 rings (SSSR count). The van der Waals surface area contributed by atoms with Crippen molar-refractivity contribution in [1.82, 2.24) is 15.6 Å². The average Bonchev–Trinajstić information content (AvgIpc) is 2.72. The Kier molecular flexibility index (Phi) is 8.02. The number of pyridine rings is 1. The fourth-order valence-corrected chi connectivity index (χ4v) is 3.57. The number of aromatic nitrogens is 1. The maximum atomic E-state index is 13.5. The van der Waals surface area contributed by atoms with Crippen molar-refractivity contribution in [3.8, 4) is 11.6 Å². The van der Waals surface area contributed by atoms with Gasteiger partial charge >= 0.3 is 0 Å². The third-order valence-electron chi connectivity index (χ3n) is 5.49. The molecule has 0 radical (unpaired) electrons. The van der Waals surface area contributed by atoms with Crippen LogP contribution in [0.25, 0.3) is 0 Å². The van der Waals surface area contributed by atoms with Gasteiger partial charge in [0, 0.05) is 44.6 Å². The number of benzene rings is 1. The summed E-state index contributed by atoms with van der Waals surface area (Å²) in [5.74, 6) is 1.26. The molecule has 0 aliphatic heterocycles. The number of nitrogens with one attached hydrogen (secondary N) is 2. The molecular formula is C23H31FN4O2. The van der Waals surface area contributed by atoms with Crippen LogP contribution in [0.1, 0.15) is 38.2 Å². The Labute approximate surface area is 177 Å². The highest BCUT2D eigenvalue weighted by atomic mass is 19.1. The minimum Gasteiger partial charge on any atom is -0.439 e. The van der Waals surface area contributed by atoms with Crippen molar-refractivity contribution < 1.29 is 13.9 Å². The van der Waals surface area contributed by atoms with Crippen molar-refractivity contribution >= 4 is 5.96 Å². The molecule has 30 heavy (non-hydrogen) atoms. The SMILES string of the molecule is CCNC(=NCc1cccnc1Oc1cccc(F)c1)NCC1(CCOC)CCC1.